The number of fused-ring (bicyclic) bond motifs is 1. The van der Waals surface area contributed by atoms with Crippen LogP contribution >= 0.6 is 0 Å². The summed E-state index contributed by atoms with van der Waals surface area (Å²) in [5, 5.41) is 0. The third-order valence-corrected chi connectivity index (χ3v) is 5.19. The lowest BCUT2D eigenvalue weighted by molar-refractivity contribution is 0.0751. The number of amides is 1. The topological polar surface area (TPSA) is 49.3 Å². The number of hydrogen-bond donors (Lipinski definition) is 0. The molecule has 1 aliphatic rings. The number of carbonyl (C=O) groups excluding carboxylic acids is 1. The van der Waals surface area contributed by atoms with Crippen molar-refractivity contribution >= 4 is 17.5 Å². The Kier molecular flexibility index (Phi) is 5.06. The van der Waals surface area contributed by atoms with Gasteiger partial charge in [-0.05, 0) is 37.5 Å². The van der Waals surface area contributed by atoms with Gasteiger partial charge in [0.1, 0.15) is 0 Å². The Morgan fingerprint density at radius 1 is 1.07 bits per heavy atom. The Morgan fingerprint density at radius 3 is 2.46 bits per heavy atom. The molecule has 1 aromatic heterocycles. The second kappa shape index (κ2) is 7.80. The zero-order valence-electron chi connectivity index (χ0n) is 16.2. The van der Waals surface area contributed by atoms with Crippen molar-refractivity contribution in [2.75, 3.05) is 11.4 Å². The minimum atomic E-state index is -0.0484. The lowest BCUT2D eigenvalue weighted by Gasteiger charge is -2.23. The van der Waals surface area contributed by atoms with Crippen LogP contribution in [0.15, 0.2) is 67.0 Å². The molecule has 0 saturated heterocycles. The van der Waals surface area contributed by atoms with Gasteiger partial charge >= 0.3 is 0 Å². The Morgan fingerprint density at radius 2 is 1.75 bits per heavy atom. The molecule has 0 N–H and O–H groups in total. The molecule has 0 saturated carbocycles. The molecule has 0 aliphatic carbocycles. The van der Waals surface area contributed by atoms with E-state index in [9.17, 15) is 4.79 Å². The van der Waals surface area contributed by atoms with Gasteiger partial charge in [0, 0.05) is 37.2 Å². The molecule has 5 nitrogen and oxygen atoms in total. The summed E-state index contributed by atoms with van der Waals surface area (Å²) in [5.41, 5.74) is 4.08. The summed E-state index contributed by atoms with van der Waals surface area (Å²) >= 11 is 0. The largest absolute Gasteiger partial charge is 0.335 e. The zero-order chi connectivity index (χ0) is 19.5. The SMILES string of the molecule is CCN(Cc1ccccc1)C(=O)c1cnc(N2c3ccccc3CC2C)nc1. The fourth-order valence-electron chi connectivity index (χ4n) is 3.74. The van der Waals surface area contributed by atoms with E-state index >= 15 is 0 Å². The van der Waals surface area contributed by atoms with Crippen molar-refractivity contribution in [1.29, 1.82) is 0 Å². The van der Waals surface area contributed by atoms with Crippen LogP contribution in [0.25, 0.3) is 0 Å². The number of carbonyl (C=O) groups is 1. The van der Waals surface area contributed by atoms with Crippen molar-refractivity contribution in [1.82, 2.24) is 14.9 Å². The van der Waals surface area contributed by atoms with E-state index in [1.54, 1.807) is 12.4 Å². The van der Waals surface area contributed by atoms with Crippen LogP contribution in [-0.2, 0) is 13.0 Å². The van der Waals surface area contributed by atoms with Crippen molar-refractivity contribution in [2.45, 2.75) is 32.9 Å². The van der Waals surface area contributed by atoms with Crippen LogP contribution in [0.3, 0.4) is 0 Å². The number of hydrogen-bond acceptors (Lipinski definition) is 4. The lowest BCUT2D eigenvalue weighted by atomic mass is 10.1. The summed E-state index contributed by atoms with van der Waals surface area (Å²) in [6.07, 6.45) is 4.26. The predicted molar refractivity (Wildman–Crippen MR) is 111 cm³/mol. The van der Waals surface area contributed by atoms with Crippen molar-refractivity contribution < 1.29 is 4.79 Å². The number of benzene rings is 2. The number of aromatic nitrogens is 2. The number of rotatable bonds is 5. The summed E-state index contributed by atoms with van der Waals surface area (Å²) in [5.74, 6) is 0.591. The van der Waals surface area contributed by atoms with Gasteiger partial charge in [-0.25, -0.2) is 9.97 Å². The smallest absolute Gasteiger partial charge is 0.257 e. The van der Waals surface area contributed by atoms with Crippen LogP contribution in [0.2, 0.25) is 0 Å². The van der Waals surface area contributed by atoms with Gasteiger partial charge in [0.05, 0.1) is 5.56 Å². The van der Waals surface area contributed by atoms with E-state index < -0.39 is 0 Å². The number of para-hydroxylation sites is 1. The first-order chi connectivity index (χ1) is 13.7. The molecule has 3 aromatic rings. The Hall–Kier alpha value is -3.21. The number of nitrogens with zero attached hydrogens (tertiary/aromatic N) is 4. The lowest BCUT2D eigenvalue weighted by Crippen LogP contribution is -2.31. The molecule has 1 amide bonds. The van der Waals surface area contributed by atoms with Crippen LogP contribution in [0.1, 0.15) is 35.3 Å². The number of anilines is 2. The van der Waals surface area contributed by atoms with Crippen LogP contribution < -0.4 is 4.90 Å². The van der Waals surface area contributed by atoms with Crippen molar-refractivity contribution in [2.24, 2.45) is 0 Å². The maximum Gasteiger partial charge on any atom is 0.257 e. The summed E-state index contributed by atoms with van der Waals surface area (Å²) in [4.78, 5) is 25.9. The van der Waals surface area contributed by atoms with E-state index in [0.29, 0.717) is 30.6 Å². The minimum Gasteiger partial charge on any atom is -0.335 e. The third-order valence-electron chi connectivity index (χ3n) is 5.19. The Bertz CT molecular complexity index is 956. The van der Waals surface area contributed by atoms with Gasteiger partial charge in [0.25, 0.3) is 5.91 Å². The van der Waals surface area contributed by atoms with E-state index in [1.807, 2.05) is 48.2 Å². The molecule has 2 heterocycles. The standard InChI is InChI=1S/C23H24N4O/c1-3-26(16-18-9-5-4-6-10-18)22(28)20-14-24-23(25-15-20)27-17(2)13-19-11-7-8-12-21(19)27/h4-12,14-15,17H,3,13,16H2,1-2H3. The van der Waals surface area contributed by atoms with E-state index in [-0.39, 0.29) is 5.91 Å². The Labute approximate surface area is 165 Å². The summed E-state index contributed by atoms with van der Waals surface area (Å²) < 4.78 is 0. The second-order valence-electron chi connectivity index (χ2n) is 7.13. The first-order valence-corrected chi connectivity index (χ1v) is 9.69. The van der Waals surface area contributed by atoms with Gasteiger partial charge in [-0.2, -0.15) is 0 Å². The fourth-order valence-corrected chi connectivity index (χ4v) is 3.74. The van der Waals surface area contributed by atoms with E-state index in [1.165, 1.54) is 5.56 Å². The average molecular weight is 372 g/mol. The molecule has 4 rings (SSSR count). The maximum atomic E-state index is 12.9. The molecule has 1 unspecified atom stereocenters. The van der Waals surface area contributed by atoms with Crippen molar-refractivity contribution in [3.05, 3.63) is 83.7 Å². The molecule has 28 heavy (non-hydrogen) atoms. The molecule has 1 aliphatic heterocycles. The van der Waals surface area contributed by atoms with Gasteiger partial charge in [-0.3, -0.25) is 4.79 Å². The molecule has 142 valence electrons. The first kappa shape index (κ1) is 18.2. The highest BCUT2D eigenvalue weighted by atomic mass is 16.2. The molecular weight excluding hydrogens is 348 g/mol. The molecule has 0 bridgehead atoms. The van der Waals surface area contributed by atoms with Crippen molar-refractivity contribution in [3.63, 3.8) is 0 Å². The third kappa shape index (κ3) is 3.48. The molecule has 0 radical (unpaired) electrons. The average Bonchev–Trinajstić information content (AvgIpc) is 3.08. The van der Waals surface area contributed by atoms with Gasteiger partial charge in [-0.15, -0.1) is 0 Å². The summed E-state index contributed by atoms with van der Waals surface area (Å²) in [7, 11) is 0. The van der Waals surface area contributed by atoms with Crippen LogP contribution in [0.5, 0.6) is 0 Å². The highest BCUT2D eigenvalue weighted by molar-refractivity contribution is 5.93. The molecule has 1 atom stereocenters. The molecular formula is C23H24N4O. The highest BCUT2D eigenvalue weighted by Gasteiger charge is 2.28. The van der Waals surface area contributed by atoms with Crippen molar-refractivity contribution in [3.8, 4) is 0 Å². The van der Waals surface area contributed by atoms with Gasteiger partial charge < -0.3 is 9.80 Å². The highest BCUT2D eigenvalue weighted by Crippen LogP contribution is 2.36. The molecule has 0 spiro atoms. The molecule has 2 aromatic carbocycles. The summed E-state index contributed by atoms with van der Waals surface area (Å²) in [6, 6.07) is 18.6. The fraction of sp³-hybridized carbons (Fsp3) is 0.261. The Balaban J connectivity index is 1.53. The first-order valence-electron chi connectivity index (χ1n) is 9.69. The van der Waals surface area contributed by atoms with Crippen LogP contribution in [0.4, 0.5) is 11.6 Å². The summed E-state index contributed by atoms with van der Waals surface area (Å²) in [6.45, 7) is 5.36. The second-order valence-corrected chi connectivity index (χ2v) is 7.13. The van der Waals surface area contributed by atoms with E-state index in [0.717, 1.165) is 17.7 Å². The van der Waals surface area contributed by atoms with E-state index in [4.69, 9.17) is 0 Å². The quantitative estimate of drug-likeness (QED) is 0.673. The predicted octanol–water partition coefficient (Wildman–Crippen LogP) is 4.22. The van der Waals surface area contributed by atoms with Gasteiger partial charge in [0.2, 0.25) is 5.95 Å². The van der Waals surface area contributed by atoms with Crippen LogP contribution in [0, 0.1) is 0 Å². The van der Waals surface area contributed by atoms with E-state index in [2.05, 4.69) is 40.0 Å². The molecule has 5 heteroatoms. The molecule has 0 fully saturated rings. The maximum absolute atomic E-state index is 12.9. The minimum absolute atomic E-state index is 0.0484. The monoisotopic (exact) mass is 372 g/mol. The normalized spacial score (nSPS) is 15.4. The van der Waals surface area contributed by atoms with Gasteiger partial charge in [-0.1, -0.05) is 48.5 Å². The van der Waals surface area contributed by atoms with Crippen LogP contribution in [-0.4, -0.2) is 33.4 Å². The zero-order valence-corrected chi connectivity index (χ0v) is 16.2. The van der Waals surface area contributed by atoms with Gasteiger partial charge in [0.15, 0.2) is 0 Å².